The molecule has 21 heavy (non-hydrogen) atoms. The van der Waals surface area contributed by atoms with E-state index in [-0.39, 0.29) is 11.2 Å². The average Bonchev–Trinajstić information content (AvgIpc) is 3.14. The Bertz CT molecular complexity index is 641. The van der Waals surface area contributed by atoms with Gasteiger partial charge in [-0.15, -0.1) is 10.2 Å². The molecular weight excluding hydrogens is 310 g/mol. The van der Waals surface area contributed by atoms with Gasteiger partial charge in [0.1, 0.15) is 0 Å². The van der Waals surface area contributed by atoms with E-state index in [1.54, 1.807) is 27.5 Å². The van der Waals surface area contributed by atoms with Crippen molar-refractivity contribution in [2.45, 2.75) is 22.6 Å². The summed E-state index contributed by atoms with van der Waals surface area (Å²) < 4.78 is 7.20. The van der Waals surface area contributed by atoms with Gasteiger partial charge in [-0.1, -0.05) is 11.8 Å². The van der Waals surface area contributed by atoms with Gasteiger partial charge in [0.25, 0.3) is 5.22 Å². The molecule has 2 aromatic rings. The number of aromatic nitrogens is 4. The topological polar surface area (TPSA) is 77.1 Å². The lowest BCUT2D eigenvalue weighted by Gasteiger charge is -2.13. The first kappa shape index (κ1) is 14.5. The number of anilines is 1. The molecule has 7 nitrogen and oxygen atoms in total. The van der Waals surface area contributed by atoms with Gasteiger partial charge in [0.15, 0.2) is 0 Å². The fourth-order valence-corrected chi connectivity index (χ4v) is 3.45. The summed E-state index contributed by atoms with van der Waals surface area (Å²) in [6.07, 6.45) is 6.28. The number of nitrogens with zero attached hydrogens (tertiary/aromatic N) is 5. The predicted molar refractivity (Wildman–Crippen MR) is 81.3 cm³/mol. The van der Waals surface area contributed by atoms with Gasteiger partial charge in [-0.2, -0.15) is 16.9 Å². The molecule has 1 fully saturated rings. The molecule has 3 heterocycles. The molecule has 1 aliphatic heterocycles. The van der Waals surface area contributed by atoms with Crippen LogP contribution in [0, 0.1) is 0 Å². The Kier molecular flexibility index (Phi) is 4.20. The molecule has 1 amide bonds. The number of hydrogen-bond donors (Lipinski definition) is 0. The van der Waals surface area contributed by atoms with E-state index in [1.807, 2.05) is 19.5 Å². The Morgan fingerprint density at radius 2 is 2.33 bits per heavy atom. The summed E-state index contributed by atoms with van der Waals surface area (Å²) in [5.41, 5.74) is 0.833. The lowest BCUT2D eigenvalue weighted by molar-refractivity contribution is -0.116. The summed E-state index contributed by atoms with van der Waals surface area (Å²) in [5, 5.41) is 12.3. The van der Waals surface area contributed by atoms with Gasteiger partial charge in [0.05, 0.1) is 22.9 Å². The third-order valence-electron chi connectivity index (χ3n) is 3.12. The highest BCUT2D eigenvalue weighted by molar-refractivity contribution is 8.00. The van der Waals surface area contributed by atoms with Crippen molar-refractivity contribution in [2.75, 3.05) is 17.7 Å². The summed E-state index contributed by atoms with van der Waals surface area (Å²) in [5.74, 6) is 1.35. The van der Waals surface area contributed by atoms with Crippen LogP contribution in [0.4, 0.5) is 5.69 Å². The largest absolute Gasteiger partial charge is 0.415 e. The van der Waals surface area contributed by atoms with Gasteiger partial charge >= 0.3 is 0 Å². The molecule has 0 bridgehead atoms. The van der Waals surface area contributed by atoms with Crippen molar-refractivity contribution in [1.82, 2.24) is 20.0 Å². The zero-order valence-corrected chi connectivity index (χ0v) is 13.4. The van der Waals surface area contributed by atoms with Crippen LogP contribution in [0.3, 0.4) is 0 Å². The van der Waals surface area contributed by atoms with Crippen LogP contribution in [0.1, 0.15) is 12.3 Å². The van der Waals surface area contributed by atoms with E-state index in [4.69, 9.17) is 4.42 Å². The Labute approximate surface area is 130 Å². The average molecular weight is 325 g/mol. The molecule has 0 aromatic carbocycles. The van der Waals surface area contributed by atoms with E-state index in [9.17, 15) is 4.79 Å². The fraction of sp³-hybridized carbons (Fsp3) is 0.500. The number of rotatable bonds is 5. The van der Waals surface area contributed by atoms with Gasteiger partial charge in [0, 0.05) is 19.8 Å². The standard InChI is InChI=1S/C12H15N5O2S2/c1-16-6-8(5-13-16)17-4-3-9(11(17)18)21-12-15-14-10(19-12)7-20-2/h5-6,9H,3-4,7H2,1-2H3. The van der Waals surface area contributed by atoms with Crippen molar-refractivity contribution >= 4 is 35.1 Å². The maximum Gasteiger partial charge on any atom is 0.277 e. The van der Waals surface area contributed by atoms with E-state index in [1.165, 1.54) is 11.8 Å². The molecule has 1 aliphatic rings. The van der Waals surface area contributed by atoms with Crippen molar-refractivity contribution in [2.24, 2.45) is 7.05 Å². The third-order valence-corrected chi connectivity index (χ3v) is 4.74. The smallest absolute Gasteiger partial charge is 0.277 e. The Balaban J connectivity index is 1.66. The summed E-state index contributed by atoms with van der Waals surface area (Å²) in [4.78, 5) is 14.2. The third kappa shape index (κ3) is 3.08. The SMILES string of the molecule is CSCc1nnc(SC2CCN(c3cnn(C)c3)C2=O)o1. The number of hydrogen-bond acceptors (Lipinski definition) is 7. The van der Waals surface area contributed by atoms with E-state index in [2.05, 4.69) is 15.3 Å². The molecule has 2 aromatic heterocycles. The van der Waals surface area contributed by atoms with E-state index in [0.717, 1.165) is 12.1 Å². The van der Waals surface area contributed by atoms with Crippen LogP contribution in [0.15, 0.2) is 22.0 Å². The molecule has 0 N–H and O–H groups in total. The maximum absolute atomic E-state index is 12.4. The van der Waals surface area contributed by atoms with Crippen LogP contribution in [0.5, 0.6) is 0 Å². The summed E-state index contributed by atoms with van der Waals surface area (Å²) in [6, 6.07) is 0. The molecular formula is C12H15N5O2S2. The maximum atomic E-state index is 12.4. The second-order valence-corrected chi connectivity index (χ2v) is 6.67. The van der Waals surface area contributed by atoms with Crippen LogP contribution in [0.25, 0.3) is 0 Å². The molecule has 9 heteroatoms. The predicted octanol–water partition coefficient (Wildman–Crippen LogP) is 1.56. The quantitative estimate of drug-likeness (QED) is 0.825. The molecule has 1 atom stereocenters. The molecule has 1 saturated heterocycles. The van der Waals surface area contributed by atoms with E-state index < -0.39 is 0 Å². The van der Waals surface area contributed by atoms with Gasteiger partial charge < -0.3 is 9.32 Å². The van der Waals surface area contributed by atoms with Gasteiger partial charge in [0.2, 0.25) is 11.8 Å². The second kappa shape index (κ2) is 6.10. The Morgan fingerprint density at radius 1 is 1.48 bits per heavy atom. The lowest BCUT2D eigenvalue weighted by Crippen LogP contribution is -2.27. The zero-order chi connectivity index (χ0) is 14.8. The van der Waals surface area contributed by atoms with E-state index >= 15 is 0 Å². The molecule has 0 aliphatic carbocycles. The number of amides is 1. The minimum Gasteiger partial charge on any atom is -0.415 e. The highest BCUT2D eigenvalue weighted by atomic mass is 32.2. The van der Waals surface area contributed by atoms with E-state index in [0.29, 0.717) is 23.4 Å². The molecule has 112 valence electrons. The van der Waals surface area contributed by atoms with Crippen molar-refractivity contribution in [3.05, 3.63) is 18.3 Å². The zero-order valence-electron chi connectivity index (χ0n) is 11.7. The van der Waals surface area contributed by atoms with Gasteiger partial charge in [-0.3, -0.25) is 9.48 Å². The molecule has 0 spiro atoms. The first-order valence-corrected chi connectivity index (χ1v) is 8.72. The Hall–Kier alpha value is -1.48. The van der Waals surface area contributed by atoms with Crippen molar-refractivity contribution in [1.29, 1.82) is 0 Å². The normalized spacial score (nSPS) is 18.7. The lowest BCUT2D eigenvalue weighted by atomic mass is 10.4. The van der Waals surface area contributed by atoms with Crippen LogP contribution >= 0.6 is 23.5 Å². The van der Waals surface area contributed by atoms with Crippen LogP contribution in [-0.2, 0) is 17.6 Å². The summed E-state index contributed by atoms with van der Waals surface area (Å²) in [6.45, 7) is 0.688. The first-order chi connectivity index (χ1) is 10.2. The molecule has 0 radical (unpaired) electrons. The highest BCUT2D eigenvalue weighted by Crippen LogP contribution is 2.32. The second-order valence-electron chi connectivity index (χ2n) is 4.65. The molecule has 3 rings (SSSR count). The van der Waals surface area contributed by atoms with Gasteiger partial charge in [-0.05, 0) is 12.7 Å². The van der Waals surface area contributed by atoms with Crippen LogP contribution in [0.2, 0.25) is 0 Å². The van der Waals surface area contributed by atoms with Gasteiger partial charge in [-0.25, -0.2) is 0 Å². The first-order valence-electron chi connectivity index (χ1n) is 6.45. The minimum atomic E-state index is -0.173. The van der Waals surface area contributed by atoms with Crippen molar-refractivity contribution in [3.8, 4) is 0 Å². The Morgan fingerprint density at radius 3 is 3.05 bits per heavy atom. The van der Waals surface area contributed by atoms with Crippen LogP contribution < -0.4 is 4.90 Å². The summed E-state index contributed by atoms with van der Waals surface area (Å²) >= 11 is 2.96. The van der Waals surface area contributed by atoms with Crippen molar-refractivity contribution < 1.29 is 9.21 Å². The molecule has 1 unspecified atom stereocenters. The minimum absolute atomic E-state index is 0.0672. The number of aryl methyl sites for hydroxylation is 1. The fourth-order valence-electron chi connectivity index (χ4n) is 2.16. The molecule has 0 saturated carbocycles. The number of carbonyl (C=O) groups excluding carboxylic acids is 1. The van der Waals surface area contributed by atoms with Crippen molar-refractivity contribution in [3.63, 3.8) is 0 Å². The summed E-state index contributed by atoms with van der Waals surface area (Å²) in [7, 11) is 1.84. The van der Waals surface area contributed by atoms with Crippen LogP contribution in [-0.4, -0.2) is 43.9 Å². The monoisotopic (exact) mass is 325 g/mol. The number of carbonyl (C=O) groups is 1. The highest BCUT2D eigenvalue weighted by Gasteiger charge is 2.35. The number of thioether (sulfide) groups is 2.